The Labute approximate surface area is 155 Å². The van der Waals surface area contributed by atoms with Crippen molar-refractivity contribution in [3.63, 3.8) is 0 Å². The lowest BCUT2D eigenvalue weighted by atomic mass is 10.0. The summed E-state index contributed by atoms with van der Waals surface area (Å²) in [5, 5.41) is 6.13. The van der Waals surface area contributed by atoms with Gasteiger partial charge in [-0.15, -0.1) is 0 Å². The third-order valence-electron chi connectivity index (χ3n) is 3.28. The highest BCUT2D eigenvalue weighted by Crippen LogP contribution is 2.22. The van der Waals surface area contributed by atoms with Gasteiger partial charge in [0.25, 0.3) is 0 Å². The second-order valence-electron chi connectivity index (χ2n) is 4.88. The molecule has 1 heterocycles. The lowest BCUT2D eigenvalue weighted by Gasteiger charge is -2.05. The van der Waals surface area contributed by atoms with Crippen LogP contribution in [0.1, 0.15) is 11.3 Å². The van der Waals surface area contributed by atoms with Crippen LogP contribution in [0.5, 0.6) is 0 Å². The number of carbonyl (C=O) groups is 1. The zero-order valence-corrected chi connectivity index (χ0v) is 15.7. The van der Waals surface area contributed by atoms with Crippen molar-refractivity contribution in [3.05, 3.63) is 68.1 Å². The van der Waals surface area contributed by atoms with E-state index in [1.54, 1.807) is 6.07 Å². The maximum atomic E-state index is 12.1. The molecule has 4 nitrogen and oxygen atoms in total. The number of amides is 1. The summed E-state index contributed by atoms with van der Waals surface area (Å²) in [7, 11) is 0. The average Bonchev–Trinajstić information content (AvgIpc) is 2.86. The summed E-state index contributed by atoms with van der Waals surface area (Å²) in [5.74, 6) is 0.407. The Morgan fingerprint density at radius 2 is 2.04 bits per heavy atom. The van der Waals surface area contributed by atoms with Gasteiger partial charge in [0, 0.05) is 28.7 Å². The molecule has 0 unspecified atom stereocenters. The van der Waals surface area contributed by atoms with E-state index in [0.29, 0.717) is 5.76 Å². The van der Waals surface area contributed by atoms with Gasteiger partial charge in [-0.3, -0.25) is 4.79 Å². The van der Waals surface area contributed by atoms with E-state index in [9.17, 15) is 4.79 Å². The molecule has 23 heavy (non-hydrogen) atoms. The van der Waals surface area contributed by atoms with Crippen LogP contribution in [-0.2, 0) is 11.2 Å². The summed E-state index contributed by atoms with van der Waals surface area (Å²) in [4.78, 5) is 12.1. The summed E-state index contributed by atoms with van der Waals surface area (Å²) in [5.41, 5.74) is 3.50. The molecule has 3 aromatic rings. The number of furan rings is 1. The molecule has 0 atom stereocenters. The first-order chi connectivity index (χ1) is 11.1. The molecule has 0 bridgehead atoms. The number of hydrazone groups is 1. The summed E-state index contributed by atoms with van der Waals surface area (Å²) in [6.07, 6.45) is 1.76. The average molecular weight is 483 g/mol. The van der Waals surface area contributed by atoms with Gasteiger partial charge in [-0.1, -0.05) is 42.5 Å². The number of benzene rings is 2. The number of carbonyl (C=O) groups excluding carboxylic acids is 1. The fourth-order valence-corrected chi connectivity index (χ4v) is 2.97. The van der Waals surface area contributed by atoms with E-state index in [0.717, 1.165) is 24.6 Å². The van der Waals surface area contributed by atoms with E-state index in [-0.39, 0.29) is 12.3 Å². The predicted octanol–water partition coefficient (Wildman–Crippen LogP) is 4.49. The van der Waals surface area contributed by atoms with Crippen LogP contribution in [0.2, 0.25) is 0 Å². The zero-order chi connectivity index (χ0) is 16.2. The molecule has 0 radical (unpaired) electrons. The van der Waals surface area contributed by atoms with Crippen molar-refractivity contribution in [3.8, 4) is 0 Å². The lowest BCUT2D eigenvalue weighted by Crippen LogP contribution is -2.19. The normalized spacial score (nSPS) is 11.2. The van der Waals surface area contributed by atoms with Crippen LogP contribution in [0.3, 0.4) is 0 Å². The fraction of sp³-hybridized carbons (Fsp3) is 0.0588. The third kappa shape index (κ3) is 4.00. The van der Waals surface area contributed by atoms with Gasteiger partial charge in [0.05, 0.1) is 17.1 Å². The molecule has 0 spiro atoms. The molecule has 1 N–H and O–H groups in total. The largest absolute Gasteiger partial charge is 0.448 e. The maximum absolute atomic E-state index is 12.1. The highest BCUT2D eigenvalue weighted by atomic mass is 127. The van der Waals surface area contributed by atoms with Crippen molar-refractivity contribution in [1.82, 2.24) is 5.43 Å². The van der Waals surface area contributed by atoms with Crippen molar-refractivity contribution in [1.29, 1.82) is 0 Å². The van der Waals surface area contributed by atoms with Crippen LogP contribution in [0, 0.1) is 3.77 Å². The fourth-order valence-electron chi connectivity index (χ4n) is 2.25. The van der Waals surface area contributed by atoms with E-state index in [4.69, 9.17) is 4.42 Å². The second-order valence-corrected chi connectivity index (χ2v) is 6.71. The van der Waals surface area contributed by atoms with E-state index in [1.165, 1.54) is 6.21 Å². The van der Waals surface area contributed by atoms with Gasteiger partial charge in [0.2, 0.25) is 5.91 Å². The molecule has 2 aromatic carbocycles. The minimum Gasteiger partial charge on any atom is -0.448 e. The number of hydrogen-bond acceptors (Lipinski definition) is 3. The number of hydrogen-bond donors (Lipinski definition) is 1. The maximum Gasteiger partial charge on any atom is 0.244 e. The molecule has 0 saturated heterocycles. The molecule has 116 valence electrons. The number of nitrogens with one attached hydrogen (secondary N) is 1. The van der Waals surface area contributed by atoms with E-state index >= 15 is 0 Å². The number of rotatable bonds is 4. The Bertz CT molecular complexity index is 864. The third-order valence-corrected chi connectivity index (χ3v) is 5.41. The van der Waals surface area contributed by atoms with Crippen molar-refractivity contribution in [2.75, 3.05) is 0 Å². The Morgan fingerprint density at radius 3 is 2.83 bits per heavy atom. The first-order valence-electron chi connectivity index (χ1n) is 6.87. The molecule has 0 saturated carbocycles. The highest BCUT2D eigenvalue weighted by Gasteiger charge is 2.07. The molecule has 0 aliphatic carbocycles. The van der Waals surface area contributed by atoms with Gasteiger partial charge in [-0.05, 0) is 32.3 Å². The SMILES string of the molecule is O=C(Cc1cccc2ccccc12)N/N=C\c1cc(Br)c(I)o1. The van der Waals surface area contributed by atoms with Crippen molar-refractivity contribution in [2.45, 2.75) is 6.42 Å². The quantitative estimate of drug-likeness (QED) is 0.338. The molecule has 0 aliphatic rings. The van der Waals surface area contributed by atoms with Gasteiger partial charge >= 0.3 is 0 Å². The molecule has 1 aromatic heterocycles. The molecular formula is C17H12BrIN2O2. The van der Waals surface area contributed by atoms with Crippen LogP contribution in [0.25, 0.3) is 10.8 Å². The molecule has 3 rings (SSSR count). The van der Waals surface area contributed by atoms with Crippen LogP contribution < -0.4 is 5.43 Å². The Morgan fingerprint density at radius 1 is 1.26 bits per heavy atom. The summed E-state index contributed by atoms with van der Waals surface area (Å²) < 4.78 is 7.02. The summed E-state index contributed by atoms with van der Waals surface area (Å²) in [6.45, 7) is 0. The molecule has 0 aliphatic heterocycles. The minimum atomic E-state index is -0.169. The van der Waals surface area contributed by atoms with Gasteiger partial charge in [0.1, 0.15) is 5.76 Å². The zero-order valence-electron chi connectivity index (χ0n) is 11.9. The van der Waals surface area contributed by atoms with Crippen molar-refractivity contribution in [2.24, 2.45) is 5.10 Å². The first kappa shape index (κ1) is 16.2. The van der Waals surface area contributed by atoms with Gasteiger partial charge in [-0.2, -0.15) is 5.10 Å². The second kappa shape index (κ2) is 7.27. The van der Waals surface area contributed by atoms with Gasteiger partial charge in [-0.25, -0.2) is 5.43 Å². The minimum absolute atomic E-state index is 0.169. The van der Waals surface area contributed by atoms with Gasteiger partial charge in [0.15, 0.2) is 3.77 Å². The number of nitrogens with zero attached hydrogens (tertiary/aromatic N) is 1. The molecular weight excluding hydrogens is 471 g/mol. The smallest absolute Gasteiger partial charge is 0.244 e. The monoisotopic (exact) mass is 482 g/mol. The Balaban J connectivity index is 1.67. The van der Waals surface area contributed by atoms with Crippen LogP contribution in [-0.4, -0.2) is 12.1 Å². The highest BCUT2D eigenvalue weighted by molar-refractivity contribution is 14.1. The van der Waals surface area contributed by atoms with Gasteiger partial charge < -0.3 is 4.42 Å². The van der Waals surface area contributed by atoms with Crippen molar-refractivity contribution < 1.29 is 9.21 Å². The lowest BCUT2D eigenvalue weighted by molar-refractivity contribution is -0.120. The molecule has 1 amide bonds. The van der Waals surface area contributed by atoms with Crippen LogP contribution in [0.15, 0.2) is 62.5 Å². The Kier molecular flexibility index (Phi) is 5.12. The summed E-state index contributed by atoms with van der Waals surface area (Å²) >= 11 is 5.42. The van der Waals surface area contributed by atoms with E-state index < -0.39 is 0 Å². The number of halogens is 2. The summed E-state index contributed by atoms with van der Waals surface area (Å²) in [6, 6.07) is 15.7. The first-order valence-corrected chi connectivity index (χ1v) is 8.74. The topological polar surface area (TPSA) is 54.6 Å². The standard InChI is InChI=1S/C17H12BrIN2O2/c18-15-9-13(23-17(15)19)10-20-21-16(22)8-12-6-3-5-11-4-1-2-7-14(11)12/h1-7,9-10H,8H2,(H,21,22)/b20-10-. The Hall–Kier alpha value is -1.67. The van der Waals surface area contributed by atoms with E-state index in [1.807, 2.05) is 42.5 Å². The molecule has 6 heteroatoms. The molecule has 0 fully saturated rings. The van der Waals surface area contributed by atoms with Crippen molar-refractivity contribution >= 4 is 61.4 Å². The van der Waals surface area contributed by atoms with Crippen LogP contribution in [0.4, 0.5) is 0 Å². The number of fused-ring (bicyclic) bond motifs is 1. The van der Waals surface area contributed by atoms with E-state index in [2.05, 4.69) is 49.0 Å². The predicted molar refractivity (Wildman–Crippen MR) is 103 cm³/mol. The van der Waals surface area contributed by atoms with Crippen LogP contribution >= 0.6 is 38.5 Å².